The van der Waals surface area contributed by atoms with E-state index in [4.69, 9.17) is 11.6 Å². The van der Waals surface area contributed by atoms with Crippen LogP contribution in [0.2, 0.25) is 5.02 Å². The monoisotopic (exact) mass is 299 g/mol. The molecule has 0 spiro atoms. The predicted molar refractivity (Wildman–Crippen MR) is 65.7 cm³/mol. The Kier molecular flexibility index (Phi) is 3.26. The van der Waals surface area contributed by atoms with Crippen molar-refractivity contribution >= 4 is 39.3 Å². The first-order valence-corrected chi connectivity index (χ1v) is 5.59. The number of aromatic nitrogens is 2. The van der Waals surface area contributed by atoms with Crippen molar-refractivity contribution in [3.63, 3.8) is 0 Å². The summed E-state index contributed by atoms with van der Waals surface area (Å²) in [6, 6.07) is 4.98. The maximum atomic E-state index is 11.7. The summed E-state index contributed by atoms with van der Waals surface area (Å²) in [5.41, 5.74) is 0.462. The summed E-state index contributed by atoms with van der Waals surface area (Å²) in [6.45, 7) is 0. The second kappa shape index (κ2) is 4.67. The van der Waals surface area contributed by atoms with E-state index in [-0.39, 0.29) is 5.91 Å². The molecule has 6 heteroatoms. The summed E-state index contributed by atoms with van der Waals surface area (Å²) in [5.74, 6) is 0.209. The van der Waals surface area contributed by atoms with Crippen LogP contribution in [0.4, 0.5) is 5.82 Å². The first-order chi connectivity index (χ1) is 7.65. The second-order valence-electron chi connectivity index (χ2n) is 3.05. The minimum absolute atomic E-state index is 0.250. The van der Waals surface area contributed by atoms with Crippen molar-refractivity contribution in [2.45, 2.75) is 0 Å². The van der Waals surface area contributed by atoms with Crippen LogP contribution < -0.4 is 5.32 Å². The van der Waals surface area contributed by atoms with Crippen LogP contribution in [-0.2, 0) is 0 Å². The molecule has 0 aliphatic carbocycles. The molecule has 2 heterocycles. The Balaban J connectivity index is 2.10. The van der Waals surface area contributed by atoms with Gasteiger partial charge in [0.05, 0.1) is 5.02 Å². The molecule has 0 atom stereocenters. The number of hydrogen-bond donors (Lipinski definition) is 2. The van der Waals surface area contributed by atoms with Crippen molar-refractivity contribution in [1.29, 1.82) is 0 Å². The van der Waals surface area contributed by atoms with Crippen molar-refractivity contribution in [1.82, 2.24) is 9.97 Å². The van der Waals surface area contributed by atoms with E-state index in [1.54, 1.807) is 24.4 Å². The highest BCUT2D eigenvalue weighted by atomic mass is 79.9. The number of carbonyl (C=O) groups is 1. The van der Waals surface area contributed by atoms with Gasteiger partial charge in [0.25, 0.3) is 5.91 Å². The van der Waals surface area contributed by atoms with Crippen LogP contribution in [0.1, 0.15) is 10.5 Å². The molecule has 1 amide bonds. The SMILES string of the molecule is O=C(Nc1ccc(Cl)cn1)c1cc(Br)c[nH]1. The summed E-state index contributed by atoms with van der Waals surface area (Å²) in [6.07, 6.45) is 3.16. The molecule has 16 heavy (non-hydrogen) atoms. The van der Waals surface area contributed by atoms with E-state index in [2.05, 4.69) is 31.2 Å². The van der Waals surface area contributed by atoms with Crippen LogP contribution in [0, 0.1) is 0 Å². The van der Waals surface area contributed by atoms with Crippen LogP contribution in [0.15, 0.2) is 35.1 Å². The fraction of sp³-hybridized carbons (Fsp3) is 0. The van der Waals surface area contributed by atoms with Crippen molar-refractivity contribution in [3.05, 3.63) is 45.8 Å². The third-order valence-corrected chi connectivity index (χ3v) is 2.54. The summed E-state index contributed by atoms with van der Waals surface area (Å²) < 4.78 is 0.821. The number of rotatable bonds is 2. The highest BCUT2D eigenvalue weighted by Crippen LogP contribution is 2.13. The zero-order chi connectivity index (χ0) is 11.5. The Labute approximate surface area is 105 Å². The minimum atomic E-state index is -0.250. The summed E-state index contributed by atoms with van der Waals surface area (Å²) in [7, 11) is 0. The Hall–Kier alpha value is -1.33. The van der Waals surface area contributed by atoms with Crippen molar-refractivity contribution in [3.8, 4) is 0 Å². The molecule has 0 aliphatic rings. The fourth-order valence-electron chi connectivity index (χ4n) is 1.13. The number of halogens is 2. The van der Waals surface area contributed by atoms with E-state index >= 15 is 0 Å². The van der Waals surface area contributed by atoms with Gasteiger partial charge in [-0.25, -0.2) is 4.98 Å². The van der Waals surface area contributed by atoms with Gasteiger partial charge in [-0.3, -0.25) is 4.79 Å². The Bertz CT molecular complexity index is 509. The second-order valence-corrected chi connectivity index (χ2v) is 4.40. The first-order valence-electron chi connectivity index (χ1n) is 4.42. The predicted octanol–water partition coefficient (Wildman–Crippen LogP) is 3.08. The van der Waals surface area contributed by atoms with Crippen molar-refractivity contribution in [2.24, 2.45) is 0 Å². The topological polar surface area (TPSA) is 57.8 Å². The molecule has 0 saturated heterocycles. The molecule has 0 fully saturated rings. The lowest BCUT2D eigenvalue weighted by atomic mass is 10.4. The Morgan fingerprint density at radius 3 is 2.88 bits per heavy atom. The highest BCUT2D eigenvalue weighted by Gasteiger charge is 2.08. The lowest BCUT2D eigenvalue weighted by Gasteiger charge is -2.01. The summed E-state index contributed by atoms with van der Waals surface area (Å²) >= 11 is 8.93. The lowest BCUT2D eigenvalue weighted by molar-refractivity contribution is 0.102. The van der Waals surface area contributed by atoms with Gasteiger partial charge >= 0.3 is 0 Å². The number of carbonyl (C=O) groups excluding carboxylic acids is 1. The zero-order valence-corrected chi connectivity index (χ0v) is 10.3. The molecular formula is C10H7BrClN3O. The molecule has 0 saturated carbocycles. The standard InChI is InChI=1S/C10H7BrClN3O/c11-6-3-8(13-4-6)10(16)15-9-2-1-7(12)5-14-9/h1-5,13H,(H,14,15,16). The first kappa shape index (κ1) is 11.2. The molecule has 0 unspecified atom stereocenters. The van der Waals surface area contributed by atoms with Gasteiger partial charge in [-0.1, -0.05) is 11.6 Å². The molecule has 2 N–H and O–H groups in total. The molecule has 2 aromatic heterocycles. The average molecular weight is 301 g/mol. The maximum Gasteiger partial charge on any atom is 0.273 e. The molecule has 0 bridgehead atoms. The van der Waals surface area contributed by atoms with E-state index in [1.165, 1.54) is 6.20 Å². The molecule has 0 aromatic carbocycles. The van der Waals surface area contributed by atoms with E-state index in [0.29, 0.717) is 16.5 Å². The number of anilines is 1. The zero-order valence-electron chi connectivity index (χ0n) is 8.00. The Morgan fingerprint density at radius 2 is 2.31 bits per heavy atom. The van der Waals surface area contributed by atoms with Gasteiger partial charge in [-0.05, 0) is 34.1 Å². The quantitative estimate of drug-likeness (QED) is 0.895. The van der Waals surface area contributed by atoms with Gasteiger partial charge in [-0.2, -0.15) is 0 Å². The average Bonchev–Trinajstić information content (AvgIpc) is 2.68. The van der Waals surface area contributed by atoms with Crippen LogP contribution in [0.25, 0.3) is 0 Å². The van der Waals surface area contributed by atoms with Gasteiger partial charge in [0.2, 0.25) is 0 Å². The van der Waals surface area contributed by atoms with E-state index in [0.717, 1.165) is 4.47 Å². The number of H-pyrrole nitrogens is 1. The van der Waals surface area contributed by atoms with Crippen LogP contribution in [0.5, 0.6) is 0 Å². The number of amides is 1. The van der Waals surface area contributed by atoms with Crippen molar-refractivity contribution < 1.29 is 4.79 Å². The van der Waals surface area contributed by atoms with E-state index in [1.807, 2.05) is 0 Å². The highest BCUT2D eigenvalue weighted by molar-refractivity contribution is 9.10. The van der Waals surface area contributed by atoms with Crippen LogP contribution in [0.3, 0.4) is 0 Å². The molecule has 0 radical (unpaired) electrons. The number of pyridine rings is 1. The summed E-state index contributed by atoms with van der Waals surface area (Å²) in [4.78, 5) is 18.5. The fourth-order valence-corrected chi connectivity index (χ4v) is 1.59. The van der Waals surface area contributed by atoms with Crippen LogP contribution >= 0.6 is 27.5 Å². The molecule has 4 nitrogen and oxygen atoms in total. The summed E-state index contributed by atoms with van der Waals surface area (Å²) in [5, 5.41) is 3.17. The number of nitrogens with one attached hydrogen (secondary N) is 2. The third kappa shape index (κ3) is 2.62. The van der Waals surface area contributed by atoms with Gasteiger partial charge in [0.15, 0.2) is 0 Å². The molecule has 82 valence electrons. The molecule has 0 aliphatic heterocycles. The van der Waals surface area contributed by atoms with E-state index < -0.39 is 0 Å². The number of hydrogen-bond acceptors (Lipinski definition) is 2. The lowest BCUT2D eigenvalue weighted by Crippen LogP contribution is -2.12. The molecule has 2 aromatic rings. The van der Waals surface area contributed by atoms with Gasteiger partial charge in [-0.15, -0.1) is 0 Å². The maximum absolute atomic E-state index is 11.7. The van der Waals surface area contributed by atoms with Gasteiger partial charge in [0, 0.05) is 16.9 Å². The molecular weight excluding hydrogens is 293 g/mol. The number of nitrogens with zero attached hydrogens (tertiary/aromatic N) is 1. The normalized spacial score (nSPS) is 10.1. The molecule has 2 rings (SSSR count). The van der Waals surface area contributed by atoms with Crippen molar-refractivity contribution in [2.75, 3.05) is 5.32 Å². The third-order valence-electron chi connectivity index (χ3n) is 1.86. The minimum Gasteiger partial charge on any atom is -0.356 e. The largest absolute Gasteiger partial charge is 0.356 e. The van der Waals surface area contributed by atoms with Gasteiger partial charge in [0.1, 0.15) is 11.5 Å². The van der Waals surface area contributed by atoms with Gasteiger partial charge < -0.3 is 10.3 Å². The Morgan fingerprint density at radius 1 is 1.50 bits per heavy atom. The smallest absolute Gasteiger partial charge is 0.273 e. The van der Waals surface area contributed by atoms with E-state index in [9.17, 15) is 4.79 Å². The van der Waals surface area contributed by atoms with Crippen LogP contribution in [-0.4, -0.2) is 15.9 Å². The number of aromatic amines is 1.